The average molecular weight is 258 g/mol. The number of nitrogens with zero attached hydrogens (tertiary/aromatic N) is 3. The Labute approximate surface area is 114 Å². The smallest absolute Gasteiger partial charge is 0.0522 e. The van der Waals surface area contributed by atoms with Gasteiger partial charge in [-0.25, -0.2) is 0 Å². The average Bonchev–Trinajstić information content (AvgIpc) is 2.86. The monoisotopic (exact) mass is 258 g/mol. The molecule has 0 fully saturated rings. The Morgan fingerprint density at radius 2 is 2.21 bits per heavy atom. The molecule has 1 unspecified atom stereocenters. The maximum atomic E-state index is 4.34. The molecule has 4 nitrogen and oxygen atoms in total. The van der Waals surface area contributed by atoms with Crippen molar-refractivity contribution in [3.05, 3.63) is 47.5 Å². The van der Waals surface area contributed by atoms with Gasteiger partial charge in [0.05, 0.1) is 6.20 Å². The van der Waals surface area contributed by atoms with E-state index in [0.717, 1.165) is 25.2 Å². The first-order chi connectivity index (χ1) is 9.22. The molecule has 2 aromatic rings. The SMILES string of the molecule is CCNC(Cc1cnn(CC)c1)c1ccnc(C)c1. The number of aromatic nitrogens is 3. The van der Waals surface area contributed by atoms with Crippen molar-refractivity contribution in [3.8, 4) is 0 Å². The van der Waals surface area contributed by atoms with Gasteiger partial charge in [0.1, 0.15) is 0 Å². The van der Waals surface area contributed by atoms with E-state index in [9.17, 15) is 0 Å². The fraction of sp³-hybridized carbons (Fsp3) is 0.467. The zero-order chi connectivity index (χ0) is 13.7. The highest BCUT2D eigenvalue weighted by Crippen LogP contribution is 2.18. The summed E-state index contributed by atoms with van der Waals surface area (Å²) in [7, 11) is 0. The van der Waals surface area contributed by atoms with Gasteiger partial charge in [0, 0.05) is 30.7 Å². The number of hydrogen-bond acceptors (Lipinski definition) is 3. The summed E-state index contributed by atoms with van der Waals surface area (Å²) >= 11 is 0. The molecular weight excluding hydrogens is 236 g/mol. The molecule has 102 valence electrons. The molecule has 0 spiro atoms. The van der Waals surface area contributed by atoms with E-state index in [1.54, 1.807) is 0 Å². The summed E-state index contributed by atoms with van der Waals surface area (Å²) in [6.07, 6.45) is 6.92. The summed E-state index contributed by atoms with van der Waals surface area (Å²) in [6, 6.07) is 4.56. The maximum Gasteiger partial charge on any atom is 0.0522 e. The van der Waals surface area contributed by atoms with Crippen LogP contribution in [0.2, 0.25) is 0 Å². The van der Waals surface area contributed by atoms with E-state index in [-0.39, 0.29) is 0 Å². The summed E-state index contributed by atoms with van der Waals surface area (Å²) in [6.45, 7) is 8.14. The van der Waals surface area contributed by atoms with Crippen LogP contribution in [0.25, 0.3) is 0 Å². The number of nitrogens with one attached hydrogen (secondary N) is 1. The predicted octanol–water partition coefficient (Wildman–Crippen LogP) is 2.50. The molecule has 0 aliphatic carbocycles. The van der Waals surface area contributed by atoms with Crippen molar-refractivity contribution in [2.45, 2.75) is 39.8 Å². The number of aryl methyl sites for hydroxylation is 2. The molecule has 0 aliphatic rings. The van der Waals surface area contributed by atoms with Crippen molar-refractivity contribution in [3.63, 3.8) is 0 Å². The molecule has 1 N–H and O–H groups in total. The predicted molar refractivity (Wildman–Crippen MR) is 77.0 cm³/mol. The first kappa shape index (κ1) is 13.7. The minimum absolute atomic E-state index is 0.321. The third-order valence-corrected chi connectivity index (χ3v) is 3.22. The standard InChI is InChI=1S/C15H22N4/c1-4-16-15(14-6-7-17-12(3)8-14)9-13-10-18-19(5-2)11-13/h6-8,10-11,15-16H,4-5,9H2,1-3H3. The van der Waals surface area contributed by atoms with Crippen LogP contribution in [-0.4, -0.2) is 21.3 Å². The first-order valence-electron chi connectivity index (χ1n) is 6.90. The summed E-state index contributed by atoms with van der Waals surface area (Å²) in [5.41, 5.74) is 3.62. The lowest BCUT2D eigenvalue weighted by Gasteiger charge is -2.17. The molecule has 19 heavy (non-hydrogen) atoms. The lowest BCUT2D eigenvalue weighted by atomic mass is 10.0. The third-order valence-electron chi connectivity index (χ3n) is 3.22. The quantitative estimate of drug-likeness (QED) is 0.865. The van der Waals surface area contributed by atoms with Gasteiger partial charge >= 0.3 is 0 Å². The van der Waals surface area contributed by atoms with Crippen LogP contribution in [-0.2, 0) is 13.0 Å². The molecule has 0 amide bonds. The van der Waals surface area contributed by atoms with Crippen molar-refractivity contribution in [1.29, 1.82) is 0 Å². The van der Waals surface area contributed by atoms with Crippen LogP contribution in [0.5, 0.6) is 0 Å². The zero-order valence-electron chi connectivity index (χ0n) is 11.9. The number of likely N-dealkylation sites (N-methyl/N-ethyl adjacent to an activating group) is 1. The summed E-state index contributed by atoms with van der Waals surface area (Å²) in [5.74, 6) is 0. The number of hydrogen-bond donors (Lipinski definition) is 1. The molecular formula is C15H22N4. The molecule has 0 aliphatic heterocycles. The summed E-state index contributed by atoms with van der Waals surface area (Å²) in [4.78, 5) is 4.26. The van der Waals surface area contributed by atoms with Crippen LogP contribution in [0.3, 0.4) is 0 Å². The van der Waals surface area contributed by atoms with Crippen LogP contribution < -0.4 is 5.32 Å². The second-order valence-corrected chi connectivity index (χ2v) is 4.75. The van der Waals surface area contributed by atoms with Crippen molar-refractivity contribution < 1.29 is 0 Å². The fourth-order valence-corrected chi connectivity index (χ4v) is 2.26. The first-order valence-corrected chi connectivity index (χ1v) is 6.90. The van der Waals surface area contributed by atoms with Crippen LogP contribution in [0.4, 0.5) is 0 Å². The Hall–Kier alpha value is -1.68. The van der Waals surface area contributed by atoms with Crippen LogP contribution in [0.1, 0.15) is 36.7 Å². The molecule has 0 aromatic carbocycles. The molecule has 4 heteroatoms. The topological polar surface area (TPSA) is 42.7 Å². The minimum atomic E-state index is 0.321. The van der Waals surface area contributed by atoms with Gasteiger partial charge in [0.15, 0.2) is 0 Å². The van der Waals surface area contributed by atoms with Crippen molar-refractivity contribution in [1.82, 2.24) is 20.1 Å². The molecule has 0 saturated carbocycles. The molecule has 2 rings (SSSR count). The highest BCUT2D eigenvalue weighted by atomic mass is 15.3. The molecule has 2 aromatic heterocycles. The van der Waals surface area contributed by atoms with Gasteiger partial charge in [0.2, 0.25) is 0 Å². The van der Waals surface area contributed by atoms with Crippen molar-refractivity contribution >= 4 is 0 Å². The van der Waals surface area contributed by atoms with E-state index in [1.165, 1.54) is 11.1 Å². The van der Waals surface area contributed by atoms with E-state index >= 15 is 0 Å². The third kappa shape index (κ3) is 3.64. The van der Waals surface area contributed by atoms with Crippen LogP contribution >= 0.6 is 0 Å². The normalized spacial score (nSPS) is 12.6. The second-order valence-electron chi connectivity index (χ2n) is 4.75. The van der Waals surface area contributed by atoms with Gasteiger partial charge in [-0.1, -0.05) is 6.92 Å². The maximum absolute atomic E-state index is 4.34. The van der Waals surface area contributed by atoms with Gasteiger partial charge in [-0.05, 0) is 50.1 Å². The molecule has 0 saturated heterocycles. The Bertz CT molecular complexity index is 518. The Balaban J connectivity index is 2.15. The summed E-state index contributed by atoms with van der Waals surface area (Å²) in [5, 5.41) is 7.87. The number of rotatable bonds is 6. The molecule has 1 atom stereocenters. The highest BCUT2D eigenvalue weighted by Gasteiger charge is 2.12. The molecule has 0 radical (unpaired) electrons. The van der Waals surface area contributed by atoms with E-state index in [2.05, 4.69) is 47.6 Å². The van der Waals surface area contributed by atoms with Crippen molar-refractivity contribution in [2.24, 2.45) is 0 Å². The van der Waals surface area contributed by atoms with Gasteiger partial charge in [-0.3, -0.25) is 9.67 Å². The lowest BCUT2D eigenvalue weighted by Crippen LogP contribution is -2.23. The van der Waals surface area contributed by atoms with Crippen molar-refractivity contribution in [2.75, 3.05) is 6.54 Å². The Kier molecular flexibility index (Phi) is 4.68. The minimum Gasteiger partial charge on any atom is -0.310 e. The largest absolute Gasteiger partial charge is 0.310 e. The zero-order valence-corrected chi connectivity index (χ0v) is 11.9. The Morgan fingerprint density at radius 1 is 1.37 bits per heavy atom. The van der Waals surface area contributed by atoms with Gasteiger partial charge in [0.25, 0.3) is 0 Å². The van der Waals surface area contributed by atoms with E-state index in [4.69, 9.17) is 0 Å². The fourth-order valence-electron chi connectivity index (χ4n) is 2.26. The highest BCUT2D eigenvalue weighted by molar-refractivity contribution is 5.22. The number of pyridine rings is 1. The van der Waals surface area contributed by atoms with E-state index in [0.29, 0.717) is 6.04 Å². The van der Waals surface area contributed by atoms with Gasteiger partial charge in [-0.15, -0.1) is 0 Å². The second kappa shape index (κ2) is 6.48. The van der Waals surface area contributed by atoms with E-state index in [1.807, 2.05) is 24.0 Å². The summed E-state index contributed by atoms with van der Waals surface area (Å²) < 4.78 is 1.97. The van der Waals surface area contributed by atoms with Gasteiger partial charge < -0.3 is 5.32 Å². The molecule has 0 bridgehead atoms. The lowest BCUT2D eigenvalue weighted by molar-refractivity contribution is 0.548. The van der Waals surface area contributed by atoms with Crippen LogP contribution in [0, 0.1) is 6.92 Å². The van der Waals surface area contributed by atoms with Gasteiger partial charge in [-0.2, -0.15) is 5.10 Å². The van der Waals surface area contributed by atoms with Crippen LogP contribution in [0.15, 0.2) is 30.7 Å². The Morgan fingerprint density at radius 3 is 2.84 bits per heavy atom. The van der Waals surface area contributed by atoms with E-state index < -0.39 is 0 Å². The molecule has 2 heterocycles.